The molecule has 0 aliphatic heterocycles. The number of aliphatic hydroxyl groups excluding tert-OH is 1. The first-order valence-electron chi connectivity index (χ1n) is 4.42. The number of nitriles is 1. The van der Waals surface area contributed by atoms with E-state index in [1.807, 2.05) is 6.07 Å². The Kier molecular flexibility index (Phi) is 3.83. The van der Waals surface area contributed by atoms with Gasteiger partial charge < -0.3 is 9.84 Å². The SMILES string of the molecule is COC(=O)c1ccc(C(O)CC#N)cc1. The van der Waals surface area contributed by atoms with Crippen LogP contribution in [0, 0.1) is 11.3 Å². The second kappa shape index (κ2) is 5.13. The average Bonchev–Trinajstić information content (AvgIpc) is 2.28. The summed E-state index contributed by atoms with van der Waals surface area (Å²) in [6.07, 6.45) is -0.765. The van der Waals surface area contributed by atoms with E-state index in [2.05, 4.69) is 4.74 Å². The van der Waals surface area contributed by atoms with Crippen LogP contribution in [0.1, 0.15) is 28.4 Å². The van der Waals surface area contributed by atoms with Gasteiger partial charge in [-0.3, -0.25) is 0 Å². The van der Waals surface area contributed by atoms with Crippen LogP contribution in [0.25, 0.3) is 0 Å². The topological polar surface area (TPSA) is 70.3 Å². The molecule has 1 N–H and O–H groups in total. The second-order valence-electron chi connectivity index (χ2n) is 2.99. The lowest BCUT2D eigenvalue weighted by atomic mass is 10.1. The van der Waals surface area contributed by atoms with Gasteiger partial charge >= 0.3 is 5.97 Å². The van der Waals surface area contributed by atoms with Crippen molar-refractivity contribution in [2.45, 2.75) is 12.5 Å². The van der Waals surface area contributed by atoms with Gasteiger partial charge in [-0.25, -0.2) is 4.79 Å². The van der Waals surface area contributed by atoms with E-state index >= 15 is 0 Å². The van der Waals surface area contributed by atoms with Crippen molar-refractivity contribution in [3.63, 3.8) is 0 Å². The molecule has 4 nitrogen and oxygen atoms in total. The fourth-order valence-electron chi connectivity index (χ4n) is 1.16. The van der Waals surface area contributed by atoms with Crippen molar-refractivity contribution in [2.24, 2.45) is 0 Å². The number of hydrogen-bond acceptors (Lipinski definition) is 4. The minimum absolute atomic E-state index is 0.0393. The number of benzene rings is 1. The molecule has 0 amide bonds. The van der Waals surface area contributed by atoms with Gasteiger partial charge in [0.05, 0.1) is 31.3 Å². The van der Waals surface area contributed by atoms with Gasteiger partial charge in [0.15, 0.2) is 0 Å². The molecule has 0 aliphatic carbocycles. The lowest BCUT2D eigenvalue weighted by molar-refractivity contribution is 0.0600. The van der Waals surface area contributed by atoms with E-state index < -0.39 is 12.1 Å². The highest BCUT2D eigenvalue weighted by Gasteiger charge is 2.09. The molecule has 0 saturated heterocycles. The first kappa shape index (κ1) is 11.2. The number of nitrogens with zero attached hydrogens (tertiary/aromatic N) is 1. The fraction of sp³-hybridized carbons (Fsp3) is 0.273. The van der Waals surface area contributed by atoms with E-state index in [0.717, 1.165) is 0 Å². The summed E-state index contributed by atoms with van der Waals surface area (Å²) in [6, 6.07) is 8.20. The third-order valence-corrected chi connectivity index (χ3v) is 2.00. The van der Waals surface area contributed by atoms with Crippen LogP contribution in [-0.4, -0.2) is 18.2 Å². The lowest BCUT2D eigenvalue weighted by Crippen LogP contribution is -2.02. The van der Waals surface area contributed by atoms with E-state index in [1.165, 1.54) is 7.11 Å². The largest absolute Gasteiger partial charge is 0.465 e. The maximum Gasteiger partial charge on any atom is 0.337 e. The van der Waals surface area contributed by atoms with Gasteiger partial charge in [-0.1, -0.05) is 12.1 Å². The molecular weight excluding hydrogens is 194 g/mol. The van der Waals surface area contributed by atoms with Crippen molar-refractivity contribution < 1.29 is 14.6 Å². The Morgan fingerprint density at radius 2 is 2.13 bits per heavy atom. The maximum absolute atomic E-state index is 11.1. The quantitative estimate of drug-likeness (QED) is 0.757. The highest BCUT2D eigenvalue weighted by molar-refractivity contribution is 5.89. The maximum atomic E-state index is 11.1. The summed E-state index contributed by atoms with van der Waals surface area (Å²) in [5.41, 5.74) is 1.04. The normalized spacial score (nSPS) is 11.5. The van der Waals surface area contributed by atoms with Crippen molar-refractivity contribution in [3.8, 4) is 6.07 Å². The molecule has 0 fully saturated rings. The van der Waals surface area contributed by atoms with Crippen LogP contribution in [-0.2, 0) is 4.74 Å². The summed E-state index contributed by atoms with van der Waals surface area (Å²) in [5.74, 6) is -0.420. The molecule has 1 atom stereocenters. The average molecular weight is 205 g/mol. The van der Waals surface area contributed by atoms with Crippen molar-refractivity contribution >= 4 is 5.97 Å². The van der Waals surface area contributed by atoms with Gasteiger partial charge in [-0.2, -0.15) is 5.26 Å². The van der Waals surface area contributed by atoms with Gasteiger partial charge in [0, 0.05) is 0 Å². The van der Waals surface area contributed by atoms with Crippen molar-refractivity contribution in [1.29, 1.82) is 5.26 Å². The molecular formula is C11H11NO3. The van der Waals surface area contributed by atoms with Gasteiger partial charge in [-0.05, 0) is 17.7 Å². The minimum atomic E-state index is -0.804. The molecule has 1 rings (SSSR count). The zero-order chi connectivity index (χ0) is 11.3. The summed E-state index contributed by atoms with van der Waals surface area (Å²) >= 11 is 0. The standard InChI is InChI=1S/C11H11NO3/c1-15-11(14)9-4-2-8(3-5-9)10(13)6-7-12/h2-5,10,13H,6H2,1H3. The van der Waals surface area contributed by atoms with Crippen LogP contribution < -0.4 is 0 Å². The first-order valence-corrected chi connectivity index (χ1v) is 4.42. The van der Waals surface area contributed by atoms with Crippen LogP contribution in [0.3, 0.4) is 0 Å². The Hall–Kier alpha value is -1.86. The number of aliphatic hydroxyl groups is 1. The van der Waals surface area contributed by atoms with Gasteiger partial charge in [-0.15, -0.1) is 0 Å². The van der Waals surface area contributed by atoms with Crippen molar-refractivity contribution in [3.05, 3.63) is 35.4 Å². The molecule has 1 aromatic carbocycles. The number of ether oxygens (including phenoxy) is 1. The number of methoxy groups -OCH3 is 1. The van der Waals surface area contributed by atoms with E-state index in [0.29, 0.717) is 11.1 Å². The molecule has 0 radical (unpaired) electrons. The Morgan fingerprint density at radius 1 is 1.53 bits per heavy atom. The number of esters is 1. The predicted molar refractivity (Wildman–Crippen MR) is 53.0 cm³/mol. The highest BCUT2D eigenvalue weighted by Crippen LogP contribution is 2.16. The summed E-state index contributed by atoms with van der Waals surface area (Å²) in [4.78, 5) is 11.1. The third-order valence-electron chi connectivity index (χ3n) is 2.00. The zero-order valence-corrected chi connectivity index (χ0v) is 8.30. The molecule has 0 aromatic heterocycles. The van der Waals surface area contributed by atoms with E-state index in [9.17, 15) is 9.90 Å². The van der Waals surface area contributed by atoms with Crippen LogP contribution in [0.15, 0.2) is 24.3 Å². The Bertz CT molecular complexity index is 378. The molecule has 4 heteroatoms. The molecule has 0 aliphatic rings. The molecule has 0 heterocycles. The monoisotopic (exact) mass is 205 g/mol. The molecule has 1 aromatic rings. The summed E-state index contributed by atoms with van der Waals surface area (Å²) in [7, 11) is 1.31. The Morgan fingerprint density at radius 3 is 2.60 bits per heavy atom. The summed E-state index contributed by atoms with van der Waals surface area (Å²) < 4.78 is 4.53. The molecule has 0 spiro atoms. The molecule has 1 unspecified atom stereocenters. The summed E-state index contributed by atoms with van der Waals surface area (Å²) in [6.45, 7) is 0. The van der Waals surface area contributed by atoms with E-state index in [1.54, 1.807) is 24.3 Å². The third kappa shape index (κ3) is 2.79. The number of carbonyl (C=O) groups is 1. The van der Waals surface area contributed by atoms with Gasteiger partial charge in [0.1, 0.15) is 0 Å². The predicted octanol–water partition coefficient (Wildman–Crippen LogP) is 1.42. The van der Waals surface area contributed by atoms with E-state index in [-0.39, 0.29) is 6.42 Å². The zero-order valence-electron chi connectivity index (χ0n) is 8.30. The number of hydrogen-bond donors (Lipinski definition) is 1. The van der Waals surface area contributed by atoms with Crippen molar-refractivity contribution in [2.75, 3.05) is 7.11 Å². The molecule has 0 saturated carbocycles. The Labute approximate surface area is 87.7 Å². The van der Waals surface area contributed by atoms with Gasteiger partial charge in [0.25, 0.3) is 0 Å². The molecule has 0 bridgehead atoms. The smallest absolute Gasteiger partial charge is 0.337 e. The van der Waals surface area contributed by atoms with Crippen LogP contribution in [0.2, 0.25) is 0 Å². The lowest BCUT2D eigenvalue weighted by Gasteiger charge is -2.06. The minimum Gasteiger partial charge on any atom is -0.465 e. The van der Waals surface area contributed by atoms with Crippen LogP contribution >= 0.6 is 0 Å². The van der Waals surface area contributed by atoms with Crippen LogP contribution in [0.5, 0.6) is 0 Å². The molecule has 78 valence electrons. The number of rotatable bonds is 3. The second-order valence-corrected chi connectivity index (χ2v) is 2.99. The Balaban J connectivity index is 2.81. The molecule has 15 heavy (non-hydrogen) atoms. The summed E-state index contributed by atoms with van der Waals surface area (Å²) in [5, 5.41) is 17.9. The van der Waals surface area contributed by atoms with E-state index in [4.69, 9.17) is 5.26 Å². The van der Waals surface area contributed by atoms with Crippen LogP contribution in [0.4, 0.5) is 0 Å². The number of carbonyl (C=O) groups excluding carboxylic acids is 1. The first-order chi connectivity index (χ1) is 7.19. The van der Waals surface area contributed by atoms with Gasteiger partial charge in [0.2, 0.25) is 0 Å². The fourth-order valence-corrected chi connectivity index (χ4v) is 1.16. The highest BCUT2D eigenvalue weighted by atomic mass is 16.5. The van der Waals surface area contributed by atoms with Crippen molar-refractivity contribution in [1.82, 2.24) is 0 Å².